The summed E-state index contributed by atoms with van der Waals surface area (Å²) in [6.07, 6.45) is 9.27. The number of rotatable bonds is 4. The van der Waals surface area contributed by atoms with Crippen LogP contribution in [0.5, 0.6) is 0 Å². The smallest absolute Gasteiger partial charge is 0.146 e. The molecule has 0 amide bonds. The Morgan fingerprint density at radius 1 is 1.33 bits per heavy atom. The molecule has 4 nitrogen and oxygen atoms in total. The molecule has 100 valence electrons. The molecule has 1 aliphatic rings. The highest BCUT2D eigenvalue weighted by molar-refractivity contribution is 9.10. The summed E-state index contributed by atoms with van der Waals surface area (Å²) in [7, 11) is 0. The molecule has 0 radical (unpaired) electrons. The van der Waals surface area contributed by atoms with Gasteiger partial charge in [0.25, 0.3) is 0 Å². The molecule has 0 saturated heterocycles. The molecule has 0 spiro atoms. The van der Waals surface area contributed by atoms with Gasteiger partial charge in [-0.2, -0.15) is 0 Å². The van der Waals surface area contributed by atoms with E-state index in [0.29, 0.717) is 11.9 Å². The minimum Gasteiger partial charge on any atom is -0.383 e. The summed E-state index contributed by atoms with van der Waals surface area (Å²) in [5.74, 6) is 2.24. The molecule has 0 aromatic carbocycles. The third-order valence-corrected chi connectivity index (χ3v) is 4.48. The van der Waals surface area contributed by atoms with Gasteiger partial charge in [0.1, 0.15) is 22.4 Å². The number of nitrogens with zero attached hydrogens (tertiary/aromatic N) is 2. The van der Waals surface area contributed by atoms with Crippen LogP contribution < -0.4 is 11.1 Å². The van der Waals surface area contributed by atoms with Gasteiger partial charge in [0.15, 0.2) is 0 Å². The fourth-order valence-electron chi connectivity index (χ4n) is 2.68. The summed E-state index contributed by atoms with van der Waals surface area (Å²) in [5, 5.41) is 3.47. The second-order valence-corrected chi connectivity index (χ2v) is 5.87. The number of hydrogen-bond acceptors (Lipinski definition) is 4. The molecule has 1 aromatic rings. The Kier molecular flexibility index (Phi) is 4.80. The van der Waals surface area contributed by atoms with E-state index in [1.807, 2.05) is 0 Å². The summed E-state index contributed by atoms with van der Waals surface area (Å²) >= 11 is 3.43. The van der Waals surface area contributed by atoms with Crippen LogP contribution in [-0.2, 0) is 0 Å². The van der Waals surface area contributed by atoms with Crippen molar-refractivity contribution >= 4 is 27.6 Å². The minimum atomic E-state index is 0.493. The van der Waals surface area contributed by atoms with Crippen LogP contribution in [0.2, 0.25) is 0 Å². The SMILES string of the molecule is CCCC1CCC(Nc2ncnc(N)c2Br)CC1. The predicted molar refractivity (Wildman–Crippen MR) is 78.4 cm³/mol. The second-order valence-electron chi connectivity index (χ2n) is 5.07. The quantitative estimate of drug-likeness (QED) is 0.891. The van der Waals surface area contributed by atoms with Gasteiger partial charge >= 0.3 is 0 Å². The third kappa shape index (κ3) is 3.34. The summed E-state index contributed by atoms with van der Waals surface area (Å²) < 4.78 is 0.778. The fourth-order valence-corrected chi connectivity index (χ4v) is 3.00. The van der Waals surface area contributed by atoms with Gasteiger partial charge in [0.2, 0.25) is 0 Å². The number of anilines is 2. The van der Waals surface area contributed by atoms with Crippen LogP contribution in [0.3, 0.4) is 0 Å². The van der Waals surface area contributed by atoms with Gasteiger partial charge in [-0.15, -0.1) is 0 Å². The molecule has 18 heavy (non-hydrogen) atoms. The third-order valence-electron chi connectivity index (χ3n) is 3.70. The molecular formula is C13H21BrN4. The van der Waals surface area contributed by atoms with Crippen LogP contribution in [0.4, 0.5) is 11.6 Å². The standard InChI is InChI=1S/C13H21BrN4/c1-2-3-9-4-6-10(7-5-9)18-13-11(14)12(15)16-8-17-13/h8-10H,2-7H2,1H3,(H3,15,16,17,18). The van der Waals surface area contributed by atoms with E-state index in [9.17, 15) is 0 Å². The molecule has 1 aromatic heterocycles. The summed E-state index contributed by atoms with van der Waals surface area (Å²) in [4.78, 5) is 8.19. The summed E-state index contributed by atoms with van der Waals surface area (Å²) in [6, 6.07) is 0.517. The van der Waals surface area contributed by atoms with Gasteiger partial charge in [-0.3, -0.25) is 0 Å². The zero-order chi connectivity index (χ0) is 13.0. The first-order valence-electron chi connectivity index (χ1n) is 6.73. The molecule has 1 heterocycles. The number of hydrogen-bond donors (Lipinski definition) is 2. The molecule has 0 aliphatic heterocycles. The minimum absolute atomic E-state index is 0.493. The van der Waals surface area contributed by atoms with E-state index < -0.39 is 0 Å². The first-order valence-corrected chi connectivity index (χ1v) is 7.52. The Balaban J connectivity index is 1.90. The van der Waals surface area contributed by atoms with Crippen molar-refractivity contribution in [2.24, 2.45) is 5.92 Å². The lowest BCUT2D eigenvalue weighted by molar-refractivity contribution is 0.318. The van der Waals surface area contributed by atoms with Crippen LogP contribution in [0, 0.1) is 5.92 Å². The zero-order valence-electron chi connectivity index (χ0n) is 10.8. The number of nitrogens with two attached hydrogens (primary N) is 1. The van der Waals surface area contributed by atoms with Gasteiger partial charge in [0, 0.05) is 6.04 Å². The van der Waals surface area contributed by atoms with Crippen molar-refractivity contribution in [2.45, 2.75) is 51.5 Å². The Bertz CT molecular complexity index is 389. The molecule has 0 atom stereocenters. The van der Waals surface area contributed by atoms with Gasteiger partial charge in [-0.25, -0.2) is 9.97 Å². The van der Waals surface area contributed by atoms with Crippen LogP contribution in [-0.4, -0.2) is 16.0 Å². The number of halogens is 1. The number of nitrogen functional groups attached to an aromatic ring is 1. The van der Waals surface area contributed by atoms with Crippen LogP contribution in [0.15, 0.2) is 10.8 Å². The van der Waals surface area contributed by atoms with E-state index in [2.05, 4.69) is 38.1 Å². The Morgan fingerprint density at radius 3 is 2.72 bits per heavy atom. The first kappa shape index (κ1) is 13.6. The van der Waals surface area contributed by atoms with E-state index in [0.717, 1.165) is 16.2 Å². The van der Waals surface area contributed by atoms with Crippen molar-refractivity contribution in [2.75, 3.05) is 11.1 Å². The molecule has 5 heteroatoms. The lowest BCUT2D eigenvalue weighted by atomic mass is 9.83. The molecule has 1 fully saturated rings. The molecule has 0 unspecified atom stereocenters. The zero-order valence-corrected chi connectivity index (χ0v) is 12.4. The van der Waals surface area contributed by atoms with Crippen molar-refractivity contribution in [1.29, 1.82) is 0 Å². The monoisotopic (exact) mass is 312 g/mol. The topological polar surface area (TPSA) is 63.8 Å². The fraction of sp³-hybridized carbons (Fsp3) is 0.692. The van der Waals surface area contributed by atoms with Crippen molar-refractivity contribution in [3.63, 3.8) is 0 Å². The van der Waals surface area contributed by atoms with Crippen LogP contribution >= 0.6 is 15.9 Å². The average molecular weight is 313 g/mol. The van der Waals surface area contributed by atoms with Crippen molar-refractivity contribution in [3.05, 3.63) is 10.8 Å². The molecule has 0 bridgehead atoms. The second kappa shape index (κ2) is 6.36. The van der Waals surface area contributed by atoms with Gasteiger partial charge in [-0.1, -0.05) is 19.8 Å². The van der Waals surface area contributed by atoms with E-state index >= 15 is 0 Å². The van der Waals surface area contributed by atoms with Crippen molar-refractivity contribution in [1.82, 2.24) is 9.97 Å². The average Bonchev–Trinajstić information content (AvgIpc) is 2.38. The summed E-state index contributed by atoms with van der Waals surface area (Å²) in [5.41, 5.74) is 5.75. The molecule has 2 rings (SSSR count). The predicted octanol–water partition coefficient (Wildman–Crippen LogP) is 3.59. The van der Waals surface area contributed by atoms with E-state index in [1.165, 1.54) is 44.9 Å². The van der Waals surface area contributed by atoms with Crippen molar-refractivity contribution in [3.8, 4) is 0 Å². The van der Waals surface area contributed by atoms with E-state index in [1.54, 1.807) is 0 Å². The lowest BCUT2D eigenvalue weighted by Gasteiger charge is -2.29. The molecular weight excluding hydrogens is 292 g/mol. The van der Waals surface area contributed by atoms with Gasteiger partial charge < -0.3 is 11.1 Å². The maximum Gasteiger partial charge on any atom is 0.146 e. The number of nitrogens with one attached hydrogen (secondary N) is 1. The Labute approximate surface area is 117 Å². The lowest BCUT2D eigenvalue weighted by Crippen LogP contribution is -2.26. The molecule has 3 N–H and O–H groups in total. The van der Waals surface area contributed by atoms with Gasteiger partial charge in [-0.05, 0) is 47.5 Å². The highest BCUT2D eigenvalue weighted by Crippen LogP contribution is 2.31. The maximum atomic E-state index is 5.75. The summed E-state index contributed by atoms with van der Waals surface area (Å²) in [6.45, 7) is 2.27. The Hall–Kier alpha value is -0.840. The largest absolute Gasteiger partial charge is 0.383 e. The normalized spacial score (nSPS) is 23.9. The van der Waals surface area contributed by atoms with E-state index in [-0.39, 0.29) is 0 Å². The van der Waals surface area contributed by atoms with Crippen molar-refractivity contribution < 1.29 is 0 Å². The maximum absolute atomic E-state index is 5.75. The number of aromatic nitrogens is 2. The van der Waals surface area contributed by atoms with Gasteiger partial charge in [0.05, 0.1) is 0 Å². The highest BCUT2D eigenvalue weighted by Gasteiger charge is 2.21. The first-order chi connectivity index (χ1) is 8.70. The van der Waals surface area contributed by atoms with E-state index in [4.69, 9.17) is 5.73 Å². The molecule has 1 aliphatic carbocycles. The molecule has 1 saturated carbocycles. The van der Waals surface area contributed by atoms with Crippen LogP contribution in [0.25, 0.3) is 0 Å². The van der Waals surface area contributed by atoms with Crippen LogP contribution in [0.1, 0.15) is 45.4 Å². The Morgan fingerprint density at radius 2 is 2.06 bits per heavy atom. The highest BCUT2D eigenvalue weighted by atomic mass is 79.9.